The van der Waals surface area contributed by atoms with Gasteiger partial charge in [0.15, 0.2) is 6.61 Å². The van der Waals surface area contributed by atoms with E-state index in [-0.39, 0.29) is 12.2 Å². The number of carbonyl (C=O) groups is 2. The number of aryl methyl sites for hydroxylation is 1. The SMILES string of the molecule is O=C(COC(=O)CCc1ccc(F)cc1)Nc1cc(Cl)ccc1Cl. The van der Waals surface area contributed by atoms with Crippen LogP contribution in [-0.2, 0) is 20.7 Å². The Labute approximate surface area is 148 Å². The van der Waals surface area contributed by atoms with E-state index in [1.54, 1.807) is 24.3 Å². The molecule has 2 aromatic rings. The normalized spacial score (nSPS) is 10.3. The largest absolute Gasteiger partial charge is 0.456 e. The second kappa shape index (κ2) is 8.66. The van der Waals surface area contributed by atoms with Crippen molar-refractivity contribution < 1.29 is 18.7 Å². The molecule has 0 aliphatic carbocycles. The molecule has 0 atom stereocenters. The molecular weight excluding hydrogens is 356 g/mol. The molecule has 0 aliphatic rings. The fraction of sp³-hybridized carbons (Fsp3) is 0.176. The number of halogens is 3. The summed E-state index contributed by atoms with van der Waals surface area (Å²) in [6.07, 6.45) is 0.498. The van der Waals surface area contributed by atoms with Gasteiger partial charge in [-0.15, -0.1) is 0 Å². The number of benzene rings is 2. The molecule has 2 aromatic carbocycles. The lowest BCUT2D eigenvalue weighted by molar-refractivity contribution is -0.147. The maximum absolute atomic E-state index is 12.8. The fourth-order valence-electron chi connectivity index (χ4n) is 1.90. The molecule has 7 heteroatoms. The van der Waals surface area contributed by atoms with Gasteiger partial charge in [-0.05, 0) is 42.3 Å². The minimum Gasteiger partial charge on any atom is -0.456 e. The smallest absolute Gasteiger partial charge is 0.306 e. The summed E-state index contributed by atoms with van der Waals surface area (Å²) < 4.78 is 17.7. The Morgan fingerprint density at radius 2 is 1.79 bits per heavy atom. The third-order valence-electron chi connectivity index (χ3n) is 3.10. The molecule has 0 saturated heterocycles. The van der Waals surface area contributed by atoms with Gasteiger partial charge in [-0.1, -0.05) is 35.3 Å². The standard InChI is InChI=1S/C17H14Cl2FNO3/c18-12-4-7-14(19)15(9-12)21-16(22)10-24-17(23)8-3-11-1-5-13(20)6-2-11/h1-2,4-7,9H,3,8,10H2,(H,21,22). The van der Waals surface area contributed by atoms with Crippen LogP contribution < -0.4 is 5.32 Å². The van der Waals surface area contributed by atoms with Gasteiger partial charge >= 0.3 is 5.97 Å². The zero-order valence-corrected chi connectivity index (χ0v) is 14.0. The Morgan fingerprint density at radius 1 is 1.08 bits per heavy atom. The van der Waals surface area contributed by atoms with E-state index in [9.17, 15) is 14.0 Å². The van der Waals surface area contributed by atoms with Crippen LogP contribution in [0.1, 0.15) is 12.0 Å². The Kier molecular flexibility index (Phi) is 6.58. The molecule has 1 N–H and O–H groups in total. The van der Waals surface area contributed by atoms with Gasteiger partial charge in [-0.25, -0.2) is 4.39 Å². The highest BCUT2D eigenvalue weighted by molar-refractivity contribution is 6.35. The molecule has 0 saturated carbocycles. The molecule has 2 rings (SSSR count). The van der Waals surface area contributed by atoms with Gasteiger partial charge in [0.25, 0.3) is 5.91 Å². The van der Waals surface area contributed by atoms with Crippen LogP contribution in [0.3, 0.4) is 0 Å². The number of ether oxygens (including phenoxy) is 1. The van der Waals surface area contributed by atoms with Crippen LogP contribution in [0.25, 0.3) is 0 Å². The number of hydrogen-bond acceptors (Lipinski definition) is 3. The molecule has 0 heterocycles. The van der Waals surface area contributed by atoms with Gasteiger partial charge in [-0.2, -0.15) is 0 Å². The maximum atomic E-state index is 12.8. The average Bonchev–Trinajstić information content (AvgIpc) is 2.56. The lowest BCUT2D eigenvalue weighted by atomic mass is 10.1. The molecule has 24 heavy (non-hydrogen) atoms. The van der Waals surface area contributed by atoms with Crippen LogP contribution in [0.15, 0.2) is 42.5 Å². The molecule has 1 amide bonds. The van der Waals surface area contributed by atoms with Crippen molar-refractivity contribution in [3.63, 3.8) is 0 Å². The first kappa shape index (κ1) is 18.2. The second-order valence-electron chi connectivity index (χ2n) is 4.96. The summed E-state index contributed by atoms with van der Waals surface area (Å²) in [7, 11) is 0. The van der Waals surface area contributed by atoms with Crippen LogP contribution >= 0.6 is 23.2 Å². The van der Waals surface area contributed by atoms with E-state index in [0.29, 0.717) is 22.2 Å². The van der Waals surface area contributed by atoms with Crippen molar-refractivity contribution in [3.8, 4) is 0 Å². The molecular formula is C17H14Cl2FNO3. The van der Waals surface area contributed by atoms with Gasteiger partial charge in [0.05, 0.1) is 10.7 Å². The minimum atomic E-state index is -0.522. The zero-order valence-electron chi connectivity index (χ0n) is 12.5. The summed E-state index contributed by atoms with van der Waals surface area (Å²) in [6, 6.07) is 10.5. The number of esters is 1. The summed E-state index contributed by atoms with van der Waals surface area (Å²) >= 11 is 11.7. The maximum Gasteiger partial charge on any atom is 0.306 e. The van der Waals surface area contributed by atoms with E-state index in [0.717, 1.165) is 5.56 Å². The van der Waals surface area contributed by atoms with E-state index in [4.69, 9.17) is 27.9 Å². The van der Waals surface area contributed by atoms with E-state index in [1.165, 1.54) is 18.2 Å². The molecule has 4 nitrogen and oxygen atoms in total. The van der Waals surface area contributed by atoms with E-state index in [1.807, 2.05) is 0 Å². The Hall–Kier alpha value is -2.11. The molecule has 0 radical (unpaired) electrons. The number of anilines is 1. The third-order valence-corrected chi connectivity index (χ3v) is 3.66. The predicted molar refractivity (Wildman–Crippen MR) is 90.8 cm³/mol. The third kappa shape index (κ3) is 5.83. The van der Waals surface area contributed by atoms with Crippen molar-refractivity contribution in [3.05, 3.63) is 63.9 Å². The first-order chi connectivity index (χ1) is 11.4. The summed E-state index contributed by atoms with van der Waals surface area (Å²) in [5.41, 5.74) is 1.15. The van der Waals surface area contributed by atoms with Crippen molar-refractivity contribution in [2.75, 3.05) is 11.9 Å². The molecule has 0 aromatic heterocycles. The first-order valence-corrected chi connectivity index (χ1v) is 7.84. The molecule has 126 valence electrons. The monoisotopic (exact) mass is 369 g/mol. The Balaban J connectivity index is 1.75. The van der Waals surface area contributed by atoms with E-state index >= 15 is 0 Å². The van der Waals surface area contributed by atoms with Crippen molar-refractivity contribution >= 4 is 40.8 Å². The topological polar surface area (TPSA) is 55.4 Å². The van der Waals surface area contributed by atoms with Crippen molar-refractivity contribution in [1.29, 1.82) is 0 Å². The van der Waals surface area contributed by atoms with Crippen molar-refractivity contribution in [1.82, 2.24) is 0 Å². The summed E-state index contributed by atoms with van der Waals surface area (Å²) in [5.74, 6) is -1.38. The van der Waals surface area contributed by atoms with Gasteiger partial charge in [0.1, 0.15) is 5.82 Å². The number of carbonyl (C=O) groups excluding carboxylic acids is 2. The minimum absolute atomic E-state index is 0.0941. The van der Waals surface area contributed by atoms with Gasteiger partial charge in [0, 0.05) is 11.4 Å². The van der Waals surface area contributed by atoms with Crippen molar-refractivity contribution in [2.45, 2.75) is 12.8 Å². The van der Waals surface area contributed by atoms with Gasteiger partial charge in [-0.3, -0.25) is 9.59 Å². The average molecular weight is 370 g/mol. The predicted octanol–water partition coefficient (Wildman–Crippen LogP) is 4.25. The van der Waals surface area contributed by atoms with Crippen molar-refractivity contribution in [2.24, 2.45) is 0 Å². The van der Waals surface area contributed by atoms with Crippen LogP contribution in [-0.4, -0.2) is 18.5 Å². The molecule has 0 aliphatic heterocycles. The quantitative estimate of drug-likeness (QED) is 0.774. The van der Waals surface area contributed by atoms with Crippen LogP contribution in [0.5, 0.6) is 0 Å². The first-order valence-electron chi connectivity index (χ1n) is 7.09. The fourth-order valence-corrected chi connectivity index (χ4v) is 2.23. The molecule has 0 unspecified atom stereocenters. The summed E-state index contributed by atoms with van der Waals surface area (Å²) in [4.78, 5) is 23.4. The van der Waals surface area contributed by atoms with Gasteiger partial charge in [0.2, 0.25) is 0 Å². The molecule has 0 spiro atoms. The van der Waals surface area contributed by atoms with Gasteiger partial charge < -0.3 is 10.1 Å². The molecule has 0 bridgehead atoms. The van der Waals surface area contributed by atoms with E-state index in [2.05, 4.69) is 5.32 Å². The summed E-state index contributed by atoms with van der Waals surface area (Å²) in [6.45, 7) is -0.426. The van der Waals surface area contributed by atoms with E-state index < -0.39 is 18.5 Å². The lowest BCUT2D eigenvalue weighted by Gasteiger charge is -2.08. The number of hydrogen-bond donors (Lipinski definition) is 1. The summed E-state index contributed by atoms with van der Waals surface area (Å²) in [5, 5.41) is 3.26. The second-order valence-corrected chi connectivity index (χ2v) is 5.80. The number of rotatable bonds is 6. The zero-order chi connectivity index (χ0) is 17.5. The number of amides is 1. The van der Waals surface area contributed by atoms with Crippen LogP contribution in [0.2, 0.25) is 10.0 Å². The van der Waals surface area contributed by atoms with Crippen LogP contribution in [0, 0.1) is 5.82 Å². The highest BCUT2D eigenvalue weighted by atomic mass is 35.5. The Bertz CT molecular complexity index is 735. The molecule has 0 fully saturated rings. The highest BCUT2D eigenvalue weighted by Crippen LogP contribution is 2.25. The highest BCUT2D eigenvalue weighted by Gasteiger charge is 2.10. The number of nitrogens with one attached hydrogen (secondary N) is 1. The lowest BCUT2D eigenvalue weighted by Crippen LogP contribution is -2.21. The van der Waals surface area contributed by atoms with Crippen LogP contribution in [0.4, 0.5) is 10.1 Å². The Morgan fingerprint density at radius 3 is 2.50 bits per heavy atom.